The molecule has 0 bridgehead atoms. The standard InChI is InChI=1S/C12H14Cl2N2O3S/c1-16(3-4-20-2)12(19)15-10-8(13)5-7(11(17)18)6-9(10)14/h5-6H,3-4H2,1-2H3,(H,15,19)(H,17,18). The van der Waals surface area contributed by atoms with Gasteiger partial charge in [0.05, 0.1) is 21.3 Å². The number of anilines is 1. The lowest BCUT2D eigenvalue weighted by Crippen LogP contribution is -2.33. The molecule has 0 aromatic heterocycles. The molecule has 0 spiro atoms. The third-order valence-corrected chi connectivity index (χ3v) is 3.69. The number of halogens is 2. The molecule has 0 aliphatic heterocycles. The maximum absolute atomic E-state index is 11.9. The van der Waals surface area contributed by atoms with Gasteiger partial charge >= 0.3 is 12.0 Å². The van der Waals surface area contributed by atoms with Gasteiger partial charge in [-0.1, -0.05) is 23.2 Å². The fourth-order valence-electron chi connectivity index (χ4n) is 1.35. The lowest BCUT2D eigenvalue weighted by Gasteiger charge is -2.18. The highest BCUT2D eigenvalue weighted by atomic mass is 35.5. The maximum atomic E-state index is 11.9. The van der Waals surface area contributed by atoms with Gasteiger partial charge in [0.25, 0.3) is 0 Å². The second kappa shape index (κ2) is 7.61. The molecule has 0 aliphatic rings. The molecular formula is C12H14Cl2N2O3S. The Kier molecular flexibility index (Phi) is 6.45. The van der Waals surface area contributed by atoms with Crippen LogP contribution in [0.2, 0.25) is 10.0 Å². The van der Waals surface area contributed by atoms with Gasteiger partial charge in [-0.05, 0) is 18.4 Å². The maximum Gasteiger partial charge on any atom is 0.335 e. The van der Waals surface area contributed by atoms with Crippen molar-refractivity contribution in [1.29, 1.82) is 0 Å². The Hall–Kier alpha value is -1.11. The van der Waals surface area contributed by atoms with Crippen LogP contribution < -0.4 is 5.32 Å². The van der Waals surface area contributed by atoms with E-state index < -0.39 is 5.97 Å². The van der Waals surface area contributed by atoms with Crippen molar-refractivity contribution in [3.05, 3.63) is 27.7 Å². The first kappa shape index (κ1) is 16.9. The van der Waals surface area contributed by atoms with Crippen molar-refractivity contribution >= 4 is 52.7 Å². The average molecular weight is 337 g/mol. The van der Waals surface area contributed by atoms with Crippen molar-refractivity contribution in [1.82, 2.24) is 4.90 Å². The lowest BCUT2D eigenvalue weighted by atomic mass is 10.2. The van der Waals surface area contributed by atoms with E-state index in [1.165, 1.54) is 17.0 Å². The molecule has 5 nitrogen and oxygen atoms in total. The van der Waals surface area contributed by atoms with Gasteiger partial charge in [0.2, 0.25) is 0 Å². The predicted octanol–water partition coefficient (Wildman–Crippen LogP) is 3.52. The summed E-state index contributed by atoms with van der Waals surface area (Å²) in [5, 5.41) is 11.6. The van der Waals surface area contributed by atoms with Gasteiger partial charge in [-0.2, -0.15) is 11.8 Å². The molecule has 0 atom stereocenters. The Labute approximate surface area is 131 Å². The van der Waals surface area contributed by atoms with Crippen LogP contribution in [0.1, 0.15) is 10.4 Å². The van der Waals surface area contributed by atoms with Crippen LogP contribution in [-0.4, -0.2) is 47.6 Å². The van der Waals surface area contributed by atoms with Crippen LogP contribution in [0.4, 0.5) is 10.5 Å². The number of aromatic carboxylic acids is 1. The second-order valence-corrected chi connectivity index (χ2v) is 5.76. The normalized spacial score (nSPS) is 10.2. The van der Waals surface area contributed by atoms with E-state index in [0.29, 0.717) is 6.54 Å². The summed E-state index contributed by atoms with van der Waals surface area (Å²) in [5.41, 5.74) is 0.174. The van der Waals surface area contributed by atoms with Gasteiger partial charge in [-0.25, -0.2) is 9.59 Å². The zero-order valence-electron chi connectivity index (χ0n) is 10.9. The molecule has 0 aliphatic carbocycles. The Bertz CT molecular complexity index is 502. The van der Waals surface area contributed by atoms with Crippen molar-refractivity contribution in [2.24, 2.45) is 0 Å². The Balaban J connectivity index is 2.87. The van der Waals surface area contributed by atoms with Gasteiger partial charge in [-0.3, -0.25) is 0 Å². The van der Waals surface area contributed by atoms with E-state index in [0.717, 1.165) is 5.75 Å². The highest BCUT2D eigenvalue weighted by Gasteiger charge is 2.16. The Morgan fingerprint density at radius 2 is 1.90 bits per heavy atom. The fourth-order valence-corrected chi connectivity index (χ4v) is 2.39. The number of carboxylic acid groups (broad SMARTS) is 1. The first-order chi connectivity index (χ1) is 9.36. The van der Waals surface area contributed by atoms with Crippen molar-refractivity contribution < 1.29 is 14.7 Å². The summed E-state index contributed by atoms with van der Waals surface area (Å²) in [6.07, 6.45) is 1.95. The molecule has 20 heavy (non-hydrogen) atoms. The monoisotopic (exact) mass is 336 g/mol. The van der Waals surface area contributed by atoms with Crippen LogP contribution in [0.15, 0.2) is 12.1 Å². The Morgan fingerprint density at radius 3 is 2.35 bits per heavy atom. The smallest absolute Gasteiger partial charge is 0.335 e. The molecule has 1 aromatic carbocycles. The van der Waals surface area contributed by atoms with Crippen LogP contribution in [0.5, 0.6) is 0 Å². The van der Waals surface area contributed by atoms with Gasteiger partial charge in [0.15, 0.2) is 0 Å². The van der Waals surface area contributed by atoms with E-state index in [1.54, 1.807) is 18.8 Å². The van der Waals surface area contributed by atoms with Crippen LogP contribution in [0, 0.1) is 0 Å². The summed E-state index contributed by atoms with van der Waals surface area (Å²) in [6, 6.07) is 2.13. The van der Waals surface area contributed by atoms with Crippen molar-refractivity contribution in [2.45, 2.75) is 0 Å². The minimum Gasteiger partial charge on any atom is -0.478 e. The number of nitrogens with zero attached hydrogens (tertiary/aromatic N) is 1. The summed E-state index contributed by atoms with van der Waals surface area (Å²) in [6.45, 7) is 0.579. The number of carbonyl (C=O) groups excluding carboxylic acids is 1. The topological polar surface area (TPSA) is 69.6 Å². The number of amides is 2. The average Bonchev–Trinajstić information content (AvgIpc) is 2.39. The number of benzene rings is 1. The Morgan fingerprint density at radius 1 is 1.35 bits per heavy atom. The number of carboxylic acids is 1. The molecule has 8 heteroatoms. The number of carbonyl (C=O) groups is 2. The molecule has 1 rings (SSSR count). The highest BCUT2D eigenvalue weighted by Crippen LogP contribution is 2.32. The molecular weight excluding hydrogens is 323 g/mol. The molecule has 0 saturated carbocycles. The van der Waals surface area contributed by atoms with Crippen molar-refractivity contribution in [3.63, 3.8) is 0 Å². The van der Waals surface area contributed by atoms with E-state index in [9.17, 15) is 9.59 Å². The quantitative estimate of drug-likeness (QED) is 0.863. The van der Waals surface area contributed by atoms with Crippen LogP contribution in [0.3, 0.4) is 0 Å². The molecule has 110 valence electrons. The van der Waals surface area contributed by atoms with Gasteiger partial charge in [0.1, 0.15) is 0 Å². The molecule has 0 fully saturated rings. The van der Waals surface area contributed by atoms with Gasteiger partial charge in [0, 0.05) is 19.3 Å². The lowest BCUT2D eigenvalue weighted by molar-refractivity contribution is 0.0697. The molecule has 0 unspecified atom stereocenters. The largest absolute Gasteiger partial charge is 0.478 e. The molecule has 0 radical (unpaired) electrons. The van der Waals surface area contributed by atoms with Crippen molar-refractivity contribution in [3.8, 4) is 0 Å². The van der Waals surface area contributed by atoms with E-state index in [-0.39, 0.29) is 27.3 Å². The van der Waals surface area contributed by atoms with Crippen molar-refractivity contribution in [2.75, 3.05) is 30.9 Å². The summed E-state index contributed by atoms with van der Waals surface area (Å²) in [4.78, 5) is 24.3. The number of hydrogen-bond donors (Lipinski definition) is 2. The number of urea groups is 1. The zero-order valence-corrected chi connectivity index (χ0v) is 13.3. The van der Waals surface area contributed by atoms with E-state index in [2.05, 4.69) is 5.32 Å². The van der Waals surface area contributed by atoms with Crippen LogP contribution >= 0.6 is 35.0 Å². The number of thioether (sulfide) groups is 1. The summed E-state index contributed by atoms with van der Waals surface area (Å²) < 4.78 is 0. The van der Waals surface area contributed by atoms with E-state index >= 15 is 0 Å². The molecule has 0 saturated heterocycles. The first-order valence-corrected chi connectivity index (χ1v) is 7.75. The number of nitrogens with one attached hydrogen (secondary N) is 1. The fraction of sp³-hybridized carbons (Fsp3) is 0.333. The second-order valence-electron chi connectivity index (χ2n) is 3.96. The van der Waals surface area contributed by atoms with Gasteiger partial charge < -0.3 is 15.3 Å². The molecule has 2 amide bonds. The summed E-state index contributed by atoms with van der Waals surface area (Å²) >= 11 is 13.5. The van der Waals surface area contributed by atoms with E-state index in [1.807, 2.05) is 6.26 Å². The highest BCUT2D eigenvalue weighted by molar-refractivity contribution is 7.98. The SMILES string of the molecule is CSCCN(C)C(=O)Nc1c(Cl)cc(C(=O)O)cc1Cl. The third-order valence-electron chi connectivity index (χ3n) is 2.50. The first-order valence-electron chi connectivity index (χ1n) is 5.60. The van der Waals surface area contributed by atoms with Gasteiger partial charge in [-0.15, -0.1) is 0 Å². The summed E-state index contributed by atoms with van der Waals surface area (Å²) in [7, 11) is 1.65. The van der Waals surface area contributed by atoms with Crippen LogP contribution in [-0.2, 0) is 0 Å². The minimum absolute atomic E-state index is 0.0336. The number of hydrogen-bond acceptors (Lipinski definition) is 3. The zero-order chi connectivity index (χ0) is 15.3. The summed E-state index contributed by atoms with van der Waals surface area (Å²) in [5.74, 6) is -0.327. The molecule has 1 aromatic rings. The molecule has 2 N–H and O–H groups in total. The third kappa shape index (κ3) is 4.47. The number of rotatable bonds is 5. The van der Waals surface area contributed by atoms with E-state index in [4.69, 9.17) is 28.3 Å². The minimum atomic E-state index is -1.14. The predicted molar refractivity (Wildman–Crippen MR) is 83.5 cm³/mol. The molecule has 0 heterocycles. The van der Waals surface area contributed by atoms with Crippen LogP contribution in [0.25, 0.3) is 0 Å².